The molecule has 0 aliphatic carbocycles. The first-order chi connectivity index (χ1) is 8.22. The summed E-state index contributed by atoms with van der Waals surface area (Å²) in [5.41, 5.74) is 1.18. The number of nitrogens with one attached hydrogen (secondary N) is 1. The number of hydrogen-bond acceptors (Lipinski definition) is 3. The topological polar surface area (TPSA) is 34.1 Å². The van der Waals surface area contributed by atoms with Crippen LogP contribution in [0.1, 0.15) is 32.3 Å². The fourth-order valence-electron chi connectivity index (χ4n) is 1.33. The van der Waals surface area contributed by atoms with E-state index < -0.39 is 0 Å². The summed E-state index contributed by atoms with van der Waals surface area (Å²) >= 11 is 0. The van der Waals surface area contributed by atoms with Gasteiger partial charge in [-0.2, -0.15) is 0 Å². The quantitative estimate of drug-likeness (QED) is 0.554. The Bertz CT molecular complexity index is 319. The number of nitrogens with zero attached hydrogens (tertiary/aromatic N) is 1. The predicted molar refractivity (Wildman–Crippen MR) is 71.1 cm³/mol. The van der Waals surface area contributed by atoms with Crippen molar-refractivity contribution in [3.8, 4) is 5.88 Å². The second kappa shape index (κ2) is 7.85. The third-order valence-electron chi connectivity index (χ3n) is 2.31. The highest BCUT2D eigenvalue weighted by Crippen LogP contribution is 2.08. The molecule has 0 bridgehead atoms. The Hall–Kier alpha value is -1.35. The average Bonchev–Trinajstić information content (AvgIpc) is 2.33. The van der Waals surface area contributed by atoms with E-state index in [-0.39, 0.29) is 0 Å². The molecule has 0 spiro atoms. The molecule has 0 aliphatic heterocycles. The Morgan fingerprint density at radius 2 is 2.29 bits per heavy atom. The summed E-state index contributed by atoms with van der Waals surface area (Å²) < 4.78 is 5.51. The Kier molecular flexibility index (Phi) is 6.33. The second-order valence-electron chi connectivity index (χ2n) is 4.32. The van der Waals surface area contributed by atoms with E-state index in [1.54, 1.807) is 0 Å². The molecule has 1 N–H and O–H groups in total. The summed E-state index contributed by atoms with van der Waals surface area (Å²) in [5.74, 6) is 0.697. The zero-order valence-electron chi connectivity index (χ0n) is 10.8. The minimum Gasteiger partial charge on any atom is -0.478 e. The summed E-state index contributed by atoms with van der Waals surface area (Å²) in [4.78, 5) is 4.27. The molecule has 3 nitrogen and oxygen atoms in total. The molecule has 3 heteroatoms. The summed E-state index contributed by atoms with van der Waals surface area (Å²) in [5, 5.41) is 3.35. The fraction of sp³-hybridized carbons (Fsp3) is 0.500. The zero-order valence-corrected chi connectivity index (χ0v) is 10.8. The van der Waals surface area contributed by atoms with Gasteiger partial charge in [0.2, 0.25) is 5.88 Å². The minimum absolute atomic E-state index is 0.491. The molecule has 1 heterocycles. The lowest BCUT2D eigenvalue weighted by Crippen LogP contribution is -2.21. The number of hydrogen-bond donors (Lipinski definition) is 1. The third-order valence-corrected chi connectivity index (χ3v) is 2.31. The van der Waals surface area contributed by atoms with Crippen LogP contribution in [0.4, 0.5) is 0 Å². The molecular weight excluding hydrogens is 212 g/mol. The van der Waals surface area contributed by atoms with Crippen molar-refractivity contribution in [2.24, 2.45) is 0 Å². The smallest absolute Gasteiger partial charge is 0.213 e. The van der Waals surface area contributed by atoms with Crippen molar-refractivity contribution in [1.82, 2.24) is 10.3 Å². The fourth-order valence-corrected chi connectivity index (χ4v) is 1.33. The van der Waals surface area contributed by atoms with Gasteiger partial charge in [-0.05, 0) is 18.4 Å². The van der Waals surface area contributed by atoms with Gasteiger partial charge in [0.05, 0.1) is 6.61 Å². The van der Waals surface area contributed by atoms with E-state index in [4.69, 9.17) is 4.74 Å². The van der Waals surface area contributed by atoms with Crippen LogP contribution in [0, 0.1) is 0 Å². The van der Waals surface area contributed by atoms with Crippen LogP contribution in [0.25, 0.3) is 0 Å². The summed E-state index contributed by atoms with van der Waals surface area (Å²) in [6, 6.07) is 4.46. The molecule has 0 radical (unpaired) electrons. The maximum absolute atomic E-state index is 5.51. The van der Waals surface area contributed by atoms with Crippen molar-refractivity contribution in [3.05, 3.63) is 36.5 Å². The molecule has 1 aromatic rings. The molecule has 17 heavy (non-hydrogen) atoms. The SMILES string of the molecule is C=CCCCOc1ccc(CNC(C)C)cn1. The monoisotopic (exact) mass is 234 g/mol. The van der Waals surface area contributed by atoms with E-state index in [0.29, 0.717) is 18.5 Å². The van der Waals surface area contributed by atoms with Gasteiger partial charge in [-0.25, -0.2) is 4.98 Å². The van der Waals surface area contributed by atoms with Gasteiger partial charge < -0.3 is 10.1 Å². The number of aromatic nitrogens is 1. The van der Waals surface area contributed by atoms with Crippen LogP contribution in [0.2, 0.25) is 0 Å². The van der Waals surface area contributed by atoms with Gasteiger partial charge in [0.15, 0.2) is 0 Å². The standard InChI is InChI=1S/C14H22N2O/c1-4-5-6-9-17-14-8-7-13(11-16-14)10-15-12(2)3/h4,7-8,11-12,15H,1,5-6,9-10H2,2-3H3. The maximum atomic E-state index is 5.51. The number of rotatable bonds is 8. The van der Waals surface area contributed by atoms with Gasteiger partial charge in [0, 0.05) is 24.8 Å². The first kappa shape index (κ1) is 13.7. The number of pyridine rings is 1. The molecule has 0 fully saturated rings. The molecule has 0 amide bonds. The molecular formula is C14H22N2O. The number of allylic oxidation sites excluding steroid dienone is 1. The summed E-state index contributed by atoms with van der Waals surface area (Å²) in [6.07, 6.45) is 5.73. The van der Waals surface area contributed by atoms with Gasteiger partial charge in [0.25, 0.3) is 0 Å². The van der Waals surface area contributed by atoms with Crippen molar-refractivity contribution < 1.29 is 4.74 Å². The largest absolute Gasteiger partial charge is 0.478 e. The number of ether oxygens (including phenoxy) is 1. The van der Waals surface area contributed by atoms with Gasteiger partial charge in [-0.15, -0.1) is 6.58 Å². The van der Waals surface area contributed by atoms with Gasteiger partial charge in [0.1, 0.15) is 0 Å². The third kappa shape index (κ3) is 6.07. The highest BCUT2D eigenvalue weighted by molar-refractivity contribution is 5.17. The Balaban J connectivity index is 2.31. The molecule has 1 rings (SSSR count). The van der Waals surface area contributed by atoms with Crippen LogP contribution >= 0.6 is 0 Å². The molecule has 0 saturated heterocycles. The second-order valence-corrected chi connectivity index (χ2v) is 4.32. The maximum Gasteiger partial charge on any atom is 0.213 e. The summed E-state index contributed by atoms with van der Waals surface area (Å²) in [6.45, 7) is 9.48. The zero-order chi connectivity index (χ0) is 12.5. The van der Waals surface area contributed by atoms with E-state index in [1.165, 1.54) is 5.56 Å². The van der Waals surface area contributed by atoms with E-state index in [9.17, 15) is 0 Å². The first-order valence-corrected chi connectivity index (χ1v) is 6.14. The van der Waals surface area contributed by atoms with Crippen molar-refractivity contribution in [2.75, 3.05) is 6.61 Å². The molecule has 0 saturated carbocycles. The highest BCUT2D eigenvalue weighted by atomic mass is 16.5. The van der Waals surface area contributed by atoms with Gasteiger partial charge in [-0.1, -0.05) is 26.0 Å². The van der Waals surface area contributed by atoms with Crippen LogP contribution < -0.4 is 10.1 Å². The van der Waals surface area contributed by atoms with E-state index in [1.807, 2.05) is 24.4 Å². The normalized spacial score (nSPS) is 10.5. The average molecular weight is 234 g/mol. The Labute approximate surface area is 104 Å². The minimum atomic E-state index is 0.491. The lowest BCUT2D eigenvalue weighted by Gasteiger charge is -2.08. The van der Waals surface area contributed by atoms with Crippen LogP contribution in [-0.4, -0.2) is 17.6 Å². The van der Waals surface area contributed by atoms with Gasteiger partial charge in [-0.3, -0.25) is 0 Å². The lowest BCUT2D eigenvalue weighted by atomic mass is 10.2. The van der Waals surface area contributed by atoms with Crippen molar-refractivity contribution in [1.29, 1.82) is 0 Å². The highest BCUT2D eigenvalue weighted by Gasteiger charge is 1.98. The van der Waals surface area contributed by atoms with E-state index >= 15 is 0 Å². The molecule has 0 unspecified atom stereocenters. The van der Waals surface area contributed by atoms with Crippen molar-refractivity contribution in [3.63, 3.8) is 0 Å². The molecule has 0 aromatic carbocycles. The van der Waals surface area contributed by atoms with E-state index in [2.05, 4.69) is 30.7 Å². The molecule has 0 aliphatic rings. The first-order valence-electron chi connectivity index (χ1n) is 6.14. The lowest BCUT2D eigenvalue weighted by molar-refractivity contribution is 0.300. The van der Waals surface area contributed by atoms with Crippen LogP contribution in [0.15, 0.2) is 31.0 Å². The van der Waals surface area contributed by atoms with Crippen molar-refractivity contribution >= 4 is 0 Å². The van der Waals surface area contributed by atoms with Crippen LogP contribution in [0.3, 0.4) is 0 Å². The number of unbranched alkanes of at least 4 members (excludes halogenated alkanes) is 1. The Morgan fingerprint density at radius 1 is 1.47 bits per heavy atom. The summed E-state index contributed by atoms with van der Waals surface area (Å²) in [7, 11) is 0. The van der Waals surface area contributed by atoms with Crippen molar-refractivity contribution in [2.45, 2.75) is 39.3 Å². The molecule has 94 valence electrons. The van der Waals surface area contributed by atoms with Crippen LogP contribution in [-0.2, 0) is 6.54 Å². The molecule has 1 aromatic heterocycles. The van der Waals surface area contributed by atoms with Gasteiger partial charge >= 0.3 is 0 Å². The molecule has 0 atom stereocenters. The predicted octanol–water partition coefficient (Wildman–Crippen LogP) is 2.92. The Morgan fingerprint density at radius 3 is 2.88 bits per heavy atom. The van der Waals surface area contributed by atoms with E-state index in [0.717, 1.165) is 19.4 Å². The van der Waals surface area contributed by atoms with Crippen LogP contribution in [0.5, 0.6) is 5.88 Å².